The molecule has 0 bridgehead atoms. The second-order valence-corrected chi connectivity index (χ2v) is 5.73. The van der Waals surface area contributed by atoms with Gasteiger partial charge in [0.25, 0.3) is 0 Å². The summed E-state index contributed by atoms with van der Waals surface area (Å²) in [6.07, 6.45) is 0.822. The zero-order chi connectivity index (χ0) is 18.4. The Morgan fingerprint density at radius 1 is 1.24 bits per heavy atom. The molecule has 0 saturated carbocycles. The highest BCUT2D eigenvalue weighted by Gasteiger charge is 2.19. The molecule has 6 nitrogen and oxygen atoms in total. The van der Waals surface area contributed by atoms with E-state index in [9.17, 15) is 9.59 Å². The normalized spacial score (nSPS) is 10.4. The van der Waals surface area contributed by atoms with Gasteiger partial charge in [-0.25, -0.2) is 4.79 Å². The van der Waals surface area contributed by atoms with E-state index >= 15 is 0 Å². The van der Waals surface area contributed by atoms with Crippen LogP contribution in [0.15, 0.2) is 24.3 Å². The van der Waals surface area contributed by atoms with E-state index in [2.05, 4.69) is 10.3 Å². The maximum absolute atomic E-state index is 12.2. The van der Waals surface area contributed by atoms with Crippen LogP contribution in [0.4, 0.5) is 5.69 Å². The lowest BCUT2D eigenvalue weighted by atomic mass is 10.1. The van der Waals surface area contributed by atoms with Crippen LogP contribution in [0.25, 0.3) is 0 Å². The van der Waals surface area contributed by atoms with E-state index < -0.39 is 0 Å². The van der Waals surface area contributed by atoms with Gasteiger partial charge in [-0.15, -0.1) is 0 Å². The molecule has 0 aliphatic rings. The number of esters is 1. The molecule has 0 radical (unpaired) electrons. The van der Waals surface area contributed by atoms with Crippen LogP contribution in [0.5, 0.6) is 5.75 Å². The van der Waals surface area contributed by atoms with Crippen molar-refractivity contribution in [2.24, 2.45) is 0 Å². The van der Waals surface area contributed by atoms with Crippen LogP contribution < -0.4 is 10.1 Å². The van der Waals surface area contributed by atoms with Gasteiger partial charge in [0, 0.05) is 29.6 Å². The van der Waals surface area contributed by atoms with Crippen molar-refractivity contribution < 1.29 is 19.1 Å². The smallest absolute Gasteiger partial charge is 0.340 e. The SMILES string of the molecule is CCOC(=O)c1c(C)[nH]c(CCC(=O)Nc2cccc(OC)c2)c1C. The third kappa shape index (κ3) is 4.62. The minimum atomic E-state index is -0.333. The Labute approximate surface area is 147 Å². The van der Waals surface area contributed by atoms with Gasteiger partial charge in [0.05, 0.1) is 19.3 Å². The van der Waals surface area contributed by atoms with Crippen molar-refractivity contribution in [1.82, 2.24) is 4.98 Å². The maximum Gasteiger partial charge on any atom is 0.340 e. The van der Waals surface area contributed by atoms with Crippen LogP contribution in [0.2, 0.25) is 0 Å². The Balaban J connectivity index is 2.00. The standard InChI is InChI=1S/C19H24N2O4/c1-5-25-19(23)18-12(2)16(20-13(18)3)9-10-17(22)21-14-7-6-8-15(11-14)24-4/h6-8,11,20H,5,9-10H2,1-4H3,(H,21,22). The molecule has 0 aliphatic carbocycles. The number of nitrogens with one attached hydrogen (secondary N) is 2. The van der Waals surface area contributed by atoms with Crippen LogP contribution in [-0.2, 0) is 16.0 Å². The van der Waals surface area contributed by atoms with Crippen molar-refractivity contribution >= 4 is 17.6 Å². The minimum Gasteiger partial charge on any atom is -0.497 e. The highest BCUT2D eigenvalue weighted by atomic mass is 16.5. The molecule has 1 aromatic carbocycles. The van der Waals surface area contributed by atoms with Gasteiger partial charge in [-0.1, -0.05) is 6.07 Å². The molecule has 0 saturated heterocycles. The Morgan fingerprint density at radius 3 is 2.68 bits per heavy atom. The zero-order valence-corrected chi connectivity index (χ0v) is 15.1. The summed E-state index contributed by atoms with van der Waals surface area (Å²) in [5.74, 6) is 0.256. The van der Waals surface area contributed by atoms with Crippen LogP contribution in [-0.4, -0.2) is 30.6 Å². The molecule has 2 rings (SSSR count). The minimum absolute atomic E-state index is 0.0995. The average molecular weight is 344 g/mol. The highest BCUT2D eigenvalue weighted by molar-refractivity contribution is 5.93. The monoisotopic (exact) mass is 344 g/mol. The van der Waals surface area contributed by atoms with Gasteiger partial charge in [0.2, 0.25) is 5.91 Å². The molecular weight excluding hydrogens is 320 g/mol. The second-order valence-electron chi connectivity index (χ2n) is 5.73. The summed E-state index contributed by atoms with van der Waals surface area (Å²) in [4.78, 5) is 27.4. The van der Waals surface area contributed by atoms with E-state index in [-0.39, 0.29) is 11.9 Å². The summed E-state index contributed by atoms with van der Waals surface area (Å²) in [6, 6.07) is 7.21. The molecule has 2 N–H and O–H groups in total. The number of carbonyl (C=O) groups excluding carboxylic acids is 2. The van der Waals surface area contributed by atoms with E-state index in [1.165, 1.54) is 0 Å². The predicted molar refractivity (Wildman–Crippen MR) is 96.2 cm³/mol. The summed E-state index contributed by atoms with van der Waals surface area (Å²) in [7, 11) is 1.58. The molecule has 0 fully saturated rings. The number of methoxy groups -OCH3 is 1. The van der Waals surface area contributed by atoms with Crippen LogP contribution in [0.3, 0.4) is 0 Å². The number of aromatic nitrogens is 1. The van der Waals surface area contributed by atoms with Gasteiger partial charge in [-0.3, -0.25) is 4.79 Å². The molecule has 0 atom stereocenters. The van der Waals surface area contributed by atoms with Gasteiger partial charge in [-0.2, -0.15) is 0 Å². The van der Waals surface area contributed by atoms with E-state index in [4.69, 9.17) is 9.47 Å². The van der Waals surface area contributed by atoms with Gasteiger partial charge in [0.1, 0.15) is 5.75 Å². The fraction of sp³-hybridized carbons (Fsp3) is 0.368. The lowest BCUT2D eigenvalue weighted by Crippen LogP contribution is -2.12. The summed E-state index contributed by atoms with van der Waals surface area (Å²) in [5, 5.41) is 2.85. The maximum atomic E-state index is 12.2. The van der Waals surface area contributed by atoms with Gasteiger partial charge >= 0.3 is 5.97 Å². The Morgan fingerprint density at radius 2 is 2.00 bits per heavy atom. The van der Waals surface area contributed by atoms with Gasteiger partial charge in [0.15, 0.2) is 0 Å². The molecule has 0 unspecified atom stereocenters. The molecule has 2 aromatic rings. The van der Waals surface area contributed by atoms with Crippen molar-refractivity contribution in [3.63, 3.8) is 0 Å². The first kappa shape index (κ1) is 18.6. The van der Waals surface area contributed by atoms with Crippen molar-refractivity contribution in [2.45, 2.75) is 33.6 Å². The largest absolute Gasteiger partial charge is 0.497 e. The number of rotatable bonds is 7. The molecule has 25 heavy (non-hydrogen) atoms. The molecule has 1 amide bonds. The molecule has 0 aliphatic heterocycles. The highest BCUT2D eigenvalue weighted by Crippen LogP contribution is 2.21. The van der Waals surface area contributed by atoms with E-state index in [1.54, 1.807) is 20.1 Å². The van der Waals surface area contributed by atoms with Crippen molar-refractivity contribution in [3.05, 3.63) is 46.8 Å². The third-order valence-corrected chi connectivity index (χ3v) is 3.98. The number of H-pyrrole nitrogens is 1. The number of hydrogen-bond donors (Lipinski definition) is 2. The number of aryl methyl sites for hydroxylation is 2. The second kappa shape index (κ2) is 8.37. The summed E-state index contributed by atoms with van der Waals surface area (Å²) in [5.41, 5.74) is 3.73. The topological polar surface area (TPSA) is 80.4 Å². The zero-order valence-electron chi connectivity index (χ0n) is 15.1. The first-order valence-corrected chi connectivity index (χ1v) is 8.25. The van der Waals surface area contributed by atoms with Crippen LogP contribution in [0.1, 0.15) is 40.7 Å². The van der Waals surface area contributed by atoms with E-state index in [0.29, 0.717) is 36.4 Å². The Hall–Kier alpha value is -2.76. The molecule has 6 heteroatoms. The van der Waals surface area contributed by atoms with Crippen molar-refractivity contribution in [1.29, 1.82) is 0 Å². The third-order valence-electron chi connectivity index (χ3n) is 3.98. The molecule has 134 valence electrons. The molecular formula is C19H24N2O4. The Kier molecular flexibility index (Phi) is 6.22. The first-order valence-electron chi connectivity index (χ1n) is 8.25. The lowest BCUT2D eigenvalue weighted by molar-refractivity contribution is -0.116. The summed E-state index contributed by atoms with van der Waals surface area (Å²) >= 11 is 0. The molecule has 1 heterocycles. The van der Waals surface area contributed by atoms with Crippen LogP contribution >= 0.6 is 0 Å². The molecule has 1 aromatic heterocycles. The number of benzene rings is 1. The van der Waals surface area contributed by atoms with E-state index in [1.807, 2.05) is 32.0 Å². The van der Waals surface area contributed by atoms with Crippen molar-refractivity contribution in [2.75, 3.05) is 19.0 Å². The lowest BCUT2D eigenvalue weighted by Gasteiger charge is -2.07. The fourth-order valence-corrected chi connectivity index (χ4v) is 2.74. The number of amides is 1. The number of hydrogen-bond acceptors (Lipinski definition) is 4. The first-order chi connectivity index (χ1) is 12.0. The fourth-order valence-electron chi connectivity index (χ4n) is 2.74. The average Bonchev–Trinajstić information content (AvgIpc) is 2.87. The molecule has 0 spiro atoms. The van der Waals surface area contributed by atoms with Gasteiger partial charge in [-0.05, 0) is 44.9 Å². The van der Waals surface area contributed by atoms with Crippen LogP contribution in [0, 0.1) is 13.8 Å². The summed E-state index contributed by atoms with van der Waals surface area (Å²) < 4.78 is 10.2. The van der Waals surface area contributed by atoms with Gasteiger partial charge < -0.3 is 19.8 Å². The van der Waals surface area contributed by atoms with E-state index in [0.717, 1.165) is 17.0 Å². The number of aromatic amines is 1. The summed E-state index contributed by atoms with van der Waals surface area (Å²) in [6.45, 7) is 5.81. The van der Waals surface area contributed by atoms with Crippen molar-refractivity contribution in [3.8, 4) is 5.75 Å². The number of carbonyl (C=O) groups is 2. The number of ether oxygens (including phenoxy) is 2. The quantitative estimate of drug-likeness (QED) is 0.755. The Bertz CT molecular complexity index is 765. The predicted octanol–water partition coefficient (Wildman–Crippen LogP) is 3.39. The number of anilines is 1.